The number of aliphatic hydroxyl groups excluding tert-OH is 1. The summed E-state index contributed by atoms with van der Waals surface area (Å²) in [5, 5.41) is 19.4. The van der Waals surface area contributed by atoms with Gasteiger partial charge in [-0.25, -0.2) is 4.79 Å². The van der Waals surface area contributed by atoms with Gasteiger partial charge in [0.05, 0.1) is 30.4 Å². The number of para-hydroxylation sites is 1. The number of fused-ring (bicyclic) bond motifs is 1. The molecule has 3 atom stereocenters. The molecule has 0 saturated carbocycles. The van der Waals surface area contributed by atoms with Gasteiger partial charge in [0.25, 0.3) is 11.8 Å². The summed E-state index contributed by atoms with van der Waals surface area (Å²) in [5.41, 5.74) is 2.01. The van der Waals surface area contributed by atoms with E-state index in [1.165, 1.54) is 17.3 Å². The van der Waals surface area contributed by atoms with Crippen LogP contribution >= 0.6 is 0 Å². The van der Waals surface area contributed by atoms with E-state index in [1.54, 1.807) is 63.1 Å². The quantitative estimate of drug-likeness (QED) is 0.405. The van der Waals surface area contributed by atoms with Crippen molar-refractivity contribution in [3.63, 3.8) is 0 Å². The second-order valence-electron chi connectivity index (χ2n) is 10.0. The maximum Gasteiger partial charge on any atom is 0.321 e. The van der Waals surface area contributed by atoms with Crippen molar-refractivity contribution in [3.05, 3.63) is 65.3 Å². The van der Waals surface area contributed by atoms with Crippen LogP contribution < -0.4 is 15.4 Å². The molecule has 3 N–H and O–H groups in total. The molecular formula is C28H34N6O6. The molecule has 1 aliphatic rings. The minimum atomic E-state index is -0.570. The summed E-state index contributed by atoms with van der Waals surface area (Å²) >= 11 is 0. The molecule has 0 spiro atoms. The van der Waals surface area contributed by atoms with Crippen molar-refractivity contribution in [1.29, 1.82) is 0 Å². The number of carbonyl (C=O) groups excluding carboxylic acids is 3. The summed E-state index contributed by atoms with van der Waals surface area (Å²) in [7, 11) is 1.64. The number of aliphatic hydroxyl groups is 1. The highest BCUT2D eigenvalue weighted by Crippen LogP contribution is 2.35. The molecule has 4 rings (SSSR count). The van der Waals surface area contributed by atoms with E-state index in [9.17, 15) is 19.5 Å². The van der Waals surface area contributed by atoms with Gasteiger partial charge in [-0.3, -0.25) is 14.6 Å². The van der Waals surface area contributed by atoms with E-state index in [-0.39, 0.29) is 48.9 Å². The molecule has 0 saturated heterocycles. The fraction of sp³-hybridized carbons (Fsp3) is 0.393. The van der Waals surface area contributed by atoms with Crippen molar-refractivity contribution in [2.45, 2.75) is 39.8 Å². The zero-order valence-electron chi connectivity index (χ0n) is 23.2. The lowest BCUT2D eigenvalue weighted by atomic mass is 9.99. The summed E-state index contributed by atoms with van der Waals surface area (Å²) in [6.07, 6.45) is 2.46. The second-order valence-corrected chi connectivity index (χ2v) is 10.0. The molecule has 4 amide bonds. The van der Waals surface area contributed by atoms with Gasteiger partial charge in [0, 0.05) is 37.5 Å². The number of amides is 4. The lowest BCUT2D eigenvalue weighted by molar-refractivity contribution is 0.0372. The lowest BCUT2D eigenvalue weighted by Crippen LogP contribution is -2.50. The number of aromatic nitrogens is 2. The van der Waals surface area contributed by atoms with Crippen LogP contribution in [-0.2, 0) is 0 Å². The largest absolute Gasteiger partial charge is 0.485 e. The van der Waals surface area contributed by atoms with E-state index in [1.807, 2.05) is 6.92 Å². The van der Waals surface area contributed by atoms with Crippen LogP contribution in [0.2, 0.25) is 0 Å². The number of nitrogens with zero attached hydrogens (tertiary/aromatic N) is 4. The average molecular weight is 551 g/mol. The first-order chi connectivity index (χ1) is 19.1. The first-order valence-corrected chi connectivity index (χ1v) is 13.0. The Kier molecular flexibility index (Phi) is 8.68. The van der Waals surface area contributed by atoms with Gasteiger partial charge in [0.2, 0.25) is 0 Å². The molecule has 40 heavy (non-hydrogen) atoms. The van der Waals surface area contributed by atoms with Crippen LogP contribution in [-0.4, -0.2) is 81.8 Å². The molecule has 1 aliphatic heterocycles. The van der Waals surface area contributed by atoms with E-state index >= 15 is 0 Å². The highest BCUT2D eigenvalue weighted by Gasteiger charge is 2.35. The molecule has 0 bridgehead atoms. The molecule has 0 unspecified atom stereocenters. The van der Waals surface area contributed by atoms with Gasteiger partial charge in [-0.15, -0.1) is 0 Å². The van der Waals surface area contributed by atoms with Crippen LogP contribution in [0.4, 0.5) is 16.2 Å². The number of urea groups is 1. The molecule has 212 valence electrons. The Hall–Kier alpha value is -4.45. The van der Waals surface area contributed by atoms with Gasteiger partial charge in [-0.2, -0.15) is 0 Å². The van der Waals surface area contributed by atoms with E-state index in [4.69, 9.17) is 9.26 Å². The molecule has 12 heteroatoms. The van der Waals surface area contributed by atoms with Crippen LogP contribution in [0, 0.1) is 19.8 Å². The maximum absolute atomic E-state index is 13.6. The number of ether oxygens (including phenoxy) is 1. The van der Waals surface area contributed by atoms with E-state index in [0.717, 1.165) is 0 Å². The van der Waals surface area contributed by atoms with Crippen molar-refractivity contribution in [2.24, 2.45) is 5.92 Å². The van der Waals surface area contributed by atoms with Crippen molar-refractivity contribution in [2.75, 3.05) is 37.4 Å². The minimum absolute atomic E-state index is 0.165. The number of hydrogen-bond acceptors (Lipinski definition) is 8. The third kappa shape index (κ3) is 6.07. The monoisotopic (exact) mass is 550 g/mol. The van der Waals surface area contributed by atoms with E-state index in [2.05, 4.69) is 20.8 Å². The predicted octanol–water partition coefficient (Wildman–Crippen LogP) is 3.32. The lowest BCUT2D eigenvalue weighted by Gasteiger charge is -2.38. The zero-order chi connectivity index (χ0) is 29.0. The van der Waals surface area contributed by atoms with Gasteiger partial charge in [0.1, 0.15) is 17.5 Å². The smallest absolute Gasteiger partial charge is 0.321 e. The number of rotatable bonds is 7. The zero-order valence-corrected chi connectivity index (χ0v) is 23.2. The van der Waals surface area contributed by atoms with Crippen molar-refractivity contribution in [3.8, 4) is 5.75 Å². The van der Waals surface area contributed by atoms with Gasteiger partial charge < -0.3 is 34.8 Å². The number of nitrogens with one attached hydrogen (secondary N) is 2. The Balaban J connectivity index is 1.66. The molecule has 3 heterocycles. The molecule has 3 aromatic rings. The van der Waals surface area contributed by atoms with Gasteiger partial charge in [-0.1, -0.05) is 18.1 Å². The Morgan fingerprint density at radius 1 is 1.20 bits per heavy atom. The number of anilines is 2. The fourth-order valence-corrected chi connectivity index (χ4v) is 4.47. The highest BCUT2D eigenvalue weighted by atomic mass is 16.5. The molecular weight excluding hydrogens is 516 g/mol. The summed E-state index contributed by atoms with van der Waals surface area (Å²) < 4.78 is 11.6. The number of aryl methyl sites for hydroxylation is 2. The third-order valence-electron chi connectivity index (χ3n) is 6.95. The molecule has 0 radical (unpaired) electrons. The van der Waals surface area contributed by atoms with Gasteiger partial charge in [0.15, 0.2) is 11.5 Å². The normalized spacial score (nSPS) is 17.6. The van der Waals surface area contributed by atoms with Crippen LogP contribution in [0.25, 0.3) is 0 Å². The number of pyridine rings is 1. The first kappa shape index (κ1) is 28.6. The molecule has 2 aromatic heterocycles. The first-order valence-electron chi connectivity index (χ1n) is 13.0. The van der Waals surface area contributed by atoms with Crippen molar-refractivity contribution < 1.29 is 28.8 Å². The van der Waals surface area contributed by atoms with Gasteiger partial charge in [-0.05, 0) is 45.0 Å². The average Bonchev–Trinajstić information content (AvgIpc) is 3.27. The Morgan fingerprint density at radius 3 is 2.58 bits per heavy atom. The molecule has 0 aliphatic carbocycles. The summed E-state index contributed by atoms with van der Waals surface area (Å²) in [6.45, 7) is 7.35. The number of likely N-dealkylation sites (N-methyl/N-ethyl adjacent to an activating group) is 1. The topological polar surface area (TPSA) is 150 Å². The van der Waals surface area contributed by atoms with E-state index < -0.39 is 18.1 Å². The standard InChI is InChI=1S/C28H34N6O6/c1-16-13-34(17(2)15-35)27(37)21-7-6-8-22(30-26(36)20-9-11-29-12-10-20)25(21)39-23(16)14-33(5)28(38)31-24-18(3)32-40-19(24)4/h6-12,16-17,23,35H,13-15H2,1-5H3,(H,30,36)(H,31,38)/t16-,17-,23+/m1/s1. The number of benzene rings is 1. The minimum Gasteiger partial charge on any atom is -0.485 e. The Morgan fingerprint density at radius 2 is 1.93 bits per heavy atom. The van der Waals surface area contributed by atoms with Crippen LogP contribution in [0.5, 0.6) is 5.75 Å². The van der Waals surface area contributed by atoms with Crippen molar-refractivity contribution in [1.82, 2.24) is 19.9 Å². The number of carbonyl (C=O) groups is 3. The molecule has 1 aromatic carbocycles. The predicted molar refractivity (Wildman–Crippen MR) is 147 cm³/mol. The summed E-state index contributed by atoms with van der Waals surface area (Å²) in [4.78, 5) is 46.7. The summed E-state index contributed by atoms with van der Waals surface area (Å²) in [5.74, 6) is -0.280. The maximum atomic E-state index is 13.6. The van der Waals surface area contributed by atoms with Crippen LogP contribution in [0.1, 0.15) is 46.0 Å². The van der Waals surface area contributed by atoms with Crippen LogP contribution in [0.15, 0.2) is 47.2 Å². The van der Waals surface area contributed by atoms with Crippen LogP contribution in [0.3, 0.4) is 0 Å². The highest BCUT2D eigenvalue weighted by molar-refractivity contribution is 6.07. The SMILES string of the molecule is Cc1noc(C)c1NC(=O)N(C)C[C@@H]1Oc2c(NC(=O)c3ccncc3)cccc2C(=O)N([C@H](C)CO)C[C@H]1C. The number of hydrogen-bond donors (Lipinski definition) is 3. The van der Waals surface area contributed by atoms with E-state index in [0.29, 0.717) is 28.4 Å². The summed E-state index contributed by atoms with van der Waals surface area (Å²) in [6, 6.07) is 7.25. The second kappa shape index (κ2) is 12.2. The molecule has 0 fully saturated rings. The van der Waals surface area contributed by atoms with Gasteiger partial charge >= 0.3 is 6.03 Å². The Labute approximate surface area is 232 Å². The Bertz CT molecular complexity index is 1360. The van der Waals surface area contributed by atoms with Crippen molar-refractivity contribution >= 4 is 29.2 Å². The fourth-order valence-electron chi connectivity index (χ4n) is 4.47. The molecule has 12 nitrogen and oxygen atoms in total. The third-order valence-corrected chi connectivity index (χ3v) is 6.95.